The van der Waals surface area contributed by atoms with Crippen LogP contribution < -0.4 is 4.90 Å². The van der Waals surface area contributed by atoms with Crippen LogP contribution in [0.4, 0.5) is 17.1 Å². The number of nitrogens with zero attached hydrogens (tertiary/aromatic N) is 1. The van der Waals surface area contributed by atoms with Gasteiger partial charge in [0.25, 0.3) is 0 Å². The topological polar surface area (TPSA) is 3.24 Å². The van der Waals surface area contributed by atoms with Gasteiger partial charge < -0.3 is 4.90 Å². The third-order valence-corrected chi connectivity index (χ3v) is 9.80. The van der Waals surface area contributed by atoms with Gasteiger partial charge in [0, 0.05) is 16.9 Å². The van der Waals surface area contributed by atoms with Crippen LogP contribution in [0.5, 0.6) is 0 Å². The maximum absolute atomic E-state index is 10.3. The number of hydrogen-bond acceptors (Lipinski definition) is 1. The van der Waals surface area contributed by atoms with Crippen LogP contribution in [0.25, 0.3) is 55.3 Å². The maximum atomic E-state index is 10.3. The van der Waals surface area contributed by atoms with E-state index in [0.29, 0.717) is 11.0 Å². The van der Waals surface area contributed by atoms with Gasteiger partial charge in [-0.1, -0.05) is 212 Å². The van der Waals surface area contributed by atoms with Crippen LogP contribution >= 0.6 is 0 Å². The number of hydrogen-bond donors (Lipinski definition) is 0. The molecular formula is C59H41N. The van der Waals surface area contributed by atoms with Gasteiger partial charge in [-0.25, -0.2) is 0 Å². The molecule has 0 spiro atoms. The fraction of sp³-hybridized carbons (Fsp3) is 0.0169. The van der Waals surface area contributed by atoms with Crippen molar-refractivity contribution in [3.05, 3.63) is 270 Å². The summed E-state index contributed by atoms with van der Waals surface area (Å²) in [5.74, 6) is 0. The third-order valence-electron chi connectivity index (χ3n) is 9.80. The van der Waals surface area contributed by atoms with Crippen molar-refractivity contribution < 1.29 is 49.3 Å². The van der Waals surface area contributed by atoms with Gasteiger partial charge in [-0.3, -0.25) is 0 Å². The molecule has 0 amide bonds. The first kappa shape index (κ1) is 14.2. The number of fused-ring (bicyclic) bond motifs is 4. The van der Waals surface area contributed by atoms with Crippen LogP contribution in [0.1, 0.15) is 71.6 Å². The zero-order chi connectivity index (χ0) is 71.2. The zero-order valence-electron chi connectivity index (χ0n) is 66.3. The molecule has 0 atom stereocenters. The largest absolute Gasteiger partial charge is 0.310 e. The average Bonchev–Trinajstić information content (AvgIpc) is 1.45. The summed E-state index contributed by atoms with van der Waals surface area (Å²) in [5, 5.41) is -0.937. The minimum atomic E-state index is -3.35. The van der Waals surface area contributed by atoms with Crippen molar-refractivity contribution in [2.45, 2.75) is 5.41 Å². The quantitative estimate of drug-likeness (QED) is 0.148. The molecule has 10 aromatic carbocycles. The third kappa shape index (κ3) is 5.78. The summed E-state index contributed by atoms with van der Waals surface area (Å²) in [5.41, 5.74) is -17.2. The Morgan fingerprint density at radius 3 is 1.80 bits per heavy atom. The second kappa shape index (κ2) is 14.9. The summed E-state index contributed by atoms with van der Waals surface area (Å²) >= 11 is 0. The molecule has 11 rings (SSSR count). The number of para-hydroxylation sites is 1. The lowest BCUT2D eigenvalue weighted by molar-refractivity contribution is 0.768. The van der Waals surface area contributed by atoms with Crippen molar-refractivity contribution in [2.24, 2.45) is 0 Å². The van der Waals surface area contributed by atoms with Gasteiger partial charge >= 0.3 is 0 Å². The van der Waals surface area contributed by atoms with Gasteiger partial charge in [0.15, 0.2) is 0 Å². The Labute approximate surface area is 402 Å². The van der Waals surface area contributed by atoms with Crippen molar-refractivity contribution in [3.8, 4) is 44.5 Å². The monoisotopic (exact) mass is 800 g/mol. The van der Waals surface area contributed by atoms with Gasteiger partial charge in [-0.15, -0.1) is 0 Å². The fourth-order valence-electron chi connectivity index (χ4n) is 7.34. The van der Waals surface area contributed by atoms with Crippen molar-refractivity contribution >= 4 is 27.8 Å². The predicted octanol–water partition coefficient (Wildman–Crippen LogP) is 15.7. The molecular weight excluding hydrogens is 723 g/mol. The summed E-state index contributed by atoms with van der Waals surface area (Å²) in [7, 11) is 0. The molecule has 282 valence electrons. The highest BCUT2D eigenvalue weighted by molar-refractivity contribution is 6.01. The second-order valence-electron chi connectivity index (χ2n) is 12.9. The molecule has 0 radical (unpaired) electrons. The molecule has 0 heterocycles. The van der Waals surface area contributed by atoms with Crippen LogP contribution in [-0.2, 0) is 5.41 Å². The highest BCUT2D eigenvalue weighted by atomic mass is 15.1. The Kier molecular flexibility index (Phi) is 3.53. The Hall–Kier alpha value is -7.74. The van der Waals surface area contributed by atoms with Crippen molar-refractivity contribution in [2.75, 3.05) is 4.90 Å². The average molecular weight is 800 g/mol. The Balaban J connectivity index is 1.45. The summed E-state index contributed by atoms with van der Waals surface area (Å²) < 4.78 is 333. The first-order valence-corrected chi connectivity index (χ1v) is 17.8. The number of benzene rings is 10. The molecule has 60 heavy (non-hydrogen) atoms. The Morgan fingerprint density at radius 2 is 1.02 bits per heavy atom. The van der Waals surface area contributed by atoms with E-state index in [2.05, 4.69) is 0 Å². The highest BCUT2D eigenvalue weighted by Gasteiger charge is 2.47. The van der Waals surface area contributed by atoms with Crippen molar-refractivity contribution in [1.82, 2.24) is 0 Å². The molecule has 0 aliphatic heterocycles. The Morgan fingerprint density at radius 1 is 0.367 bits per heavy atom. The van der Waals surface area contributed by atoms with Gasteiger partial charge in [0.2, 0.25) is 0 Å². The molecule has 0 aromatic heterocycles. The van der Waals surface area contributed by atoms with E-state index in [4.69, 9.17) is 26.0 Å². The second-order valence-corrected chi connectivity index (χ2v) is 12.9. The summed E-state index contributed by atoms with van der Waals surface area (Å²) in [4.78, 5) is 0.555. The minimum Gasteiger partial charge on any atom is -0.310 e. The standard InChI is InChI=1S/C59H41N/c1-5-19-42(20-6-1)45-37-40-57(60(48-27-11-4-12-28-48)49-38-35-44(36-39-49)51-31-17-22-43-21-13-14-29-50(43)51)54(41-45)52-32-18-34-56-58(52)53-30-15-16-33-55(53)59(56,46-23-7-2-8-24-46)47-25-9-3-10-26-47/h1-41H/i1D,2D,3D,4D,5D,6D,7D,8D,9D,10D,11D,13D,14D,15D,16D,17D,19D,20D,21D,22D,23D,24D,25D,26D,27D,30D,31D,32D,33D,34D,35D,36D,37D,38D,39D,40D. The normalized spacial score (nSPS) is 20.9. The van der Waals surface area contributed by atoms with E-state index in [1.54, 1.807) is 0 Å². The van der Waals surface area contributed by atoms with Crippen LogP contribution in [0.2, 0.25) is 0 Å². The predicted molar refractivity (Wildman–Crippen MR) is 252 cm³/mol. The molecule has 10 aromatic rings. The van der Waals surface area contributed by atoms with E-state index < -0.39 is 318 Å². The van der Waals surface area contributed by atoms with E-state index >= 15 is 0 Å². The van der Waals surface area contributed by atoms with Gasteiger partial charge in [-0.2, -0.15) is 0 Å². The Bertz CT molecular complexity index is 5080. The van der Waals surface area contributed by atoms with Crippen molar-refractivity contribution in [3.63, 3.8) is 0 Å². The van der Waals surface area contributed by atoms with Gasteiger partial charge in [0.1, 0.15) is 0 Å². The summed E-state index contributed by atoms with van der Waals surface area (Å²) in [6.07, 6.45) is 0. The van der Waals surface area contributed by atoms with E-state index in [-0.39, 0.29) is 0 Å². The van der Waals surface area contributed by atoms with Crippen LogP contribution in [0, 0.1) is 0 Å². The number of rotatable bonds is 8. The number of anilines is 3. The molecule has 1 heteroatoms. The van der Waals surface area contributed by atoms with Crippen molar-refractivity contribution in [1.29, 1.82) is 0 Å². The smallest absolute Gasteiger partial charge is 0.0713 e. The first-order valence-electron chi connectivity index (χ1n) is 35.8. The minimum absolute atomic E-state index is 0.426. The molecule has 0 saturated heterocycles. The van der Waals surface area contributed by atoms with E-state index in [1.807, 2.05) is 0 Å². The molecule has 0 fully saturated rings. The van der Waals surface area contributed by atoms with E-state index in [0.717, 1.165) is 24.3 Å². The summed E-state index contributed by atoms with van der Waals surface area (Å²) in [6, 6.07) is -34.1. The maximum Gasteiger partial charge on any atom is 0.0713 e. The summed E-state index contributed by atoms with van der Waals surface area (Å²) in [6.45, 7) is 0. The molecule has 0 N–H and O–H groups in total. The van der Waals surface area contributed by atoms with Gasteiger partial charge in [-0.05, 0) is 108 Å². The molecule has 1 aliphatic carbocycles. The molecule has 0 bridgehead atoms. The van der Waals surface area contributed by atoms with Crippen LogP contribution in [-0.4, -0.2) is 0 Å². The highest BCUT2D eigenvalue weighted by Crippen LogP contribution is 2.59. The molecule has 0 unspecified atom stereocenters. The van der Waals surface area contributed by atoms with Crippen LogP contribution in [0.3, 0.4) is 0 Å². The molecule has 1 aliphatic rings. The van der Waals surface area contributed by atoms with Crippen LogP contribution in [0.15, 0.2) is 248 Å². The molecule has 0 saturated carbocycles. The SMILES string of the molecule is [2H]c1ccc(N(c2c(-c3c([2H])cc([2H])c4c3-c3c([2H])c([2H])c([2H])c([2H])c3C4(c3c([2H])c([2H])c([2H])c([2H])c3[2H])c3c([2H])c([2H])c([2H])c([2H])c3[2H])cc(-c3c([2H])c([2H])c([2H])c([2H])c3[2H])c([2H])c2[2H])c2c([2H])c([2H])c(-c3c([2H])c([2H])c([2H])c4c([2H])c([2H])c([2H])cc34)c([2H])c2[2H])c([2H])c1[2H]. The fourth-order valence-corrected chi connectivity index (χ4v) is 7.34. The lowest BCUT2D eigenvalue weighted by atomic mass is 9.67. The van der Waals surface area contributed by atoms with E-state index in [1.165, 1.54) is 0 Å². The first-order chi connectivity index (χ1) is 44.7. The zero-order valence-corrected chi connectivity index (χ0v) is 30.3. The lowest BCUT2D eigenvalue weighted by Crippen LogP contribution is -2.28. The van der Waals surface area contributed by atoms with Gasteiger partial charge in [0.05, 0.1) is 60.4 Å². The molecule has 1 nitrogen and oxygen atoms in total. The lowest BCUT2D eigenvalue weighted by Gasteiger charge is -2.34. The van der Waals surface area contributed by atoms with E-state index in [9.17, 15) is 23.3 Å².